The Morgan fingerprint density at radius 1 is 1.28 bits per heavy atom. The molecule has 2 aromatic carbocycles. The van der Waals surface area contributed by atoms with Gasteiger partial charge in [0.2, 0.25) is 0 Å². The van der Waals surface area contributed by atoms with Crippen LogP contribution in [0.15, 0.2) is 48.5 Å². The maximum absolute atomic E-state index is 12.1. The predicted octanol–water partition coefficient (Wildman–Crippen LogP) is 3.42. The molecule has 0 spiro atoms. The molecule has 132 valence electrons. The highest BCUT2D eigenvalue weighted by atomic mass is 35.5. The minimum atomic E-state index is -0.0825. The molecule has 1 saturated heterocycles. The summed E-state index contributed by atoms with van der Waals surface area (Å²) in [6.07, 6.45) is 0.971. The number of ether oxygens (including phenoxy) is 1. The van der Waals surface area contributed by atoms with E-state index in [1.165, 1.54) is 5.56 Å². The second-order valence-corrected chi connectivity index (χ2v) is 6.91. The van der Waals surface area contributed by atoms with Gasteiger partial charge in [0.15, 0.2) is 6.61 Å². The summed E-state index contributed by atoms with van der Waals surface area (Å²) in [5.74, 6) is 0.609. The summed E-state index contributed by atoms with van der Waals surface area (Å²) in [5, 5.41) is 3.73. The second-order valence-electron chi connectivity index (χ2n) is 6.47. The first kappa shape index (κ1) is 17.8. The van der Waals surface area contributed by atoms with Crippen LogP contribution in [0.4, 0.5) is 0 Å². The number of hydrogen-bond donors (Lipinski definition) is 1. The van der Waals surface area contributed by atoms with Gasteiger partial charge in [-0.2, -0.15) is 0 Å². The van der Waals surface area contributed by atoms with E-state index >= 15 is 0 Å². The molecule has 0 saturated carbocycles. The number of aryl methyl sites for hydroxylation is 1. The fraction of sp³-hybridized carbons (Fsp3) is 0.350. The van der Waals surface area contributed by atoms with Crippen molar-refractivity contribution in [2.24, 2.45) is 0 Å². The van der Waals surface area contributed by atoms with E-state index in [1.54, 1.807) is 12.1 Å². The molecule has 1 heterocycles. The molecule has 1 aliphatic heterocycles. The first-order valence-corrected chi connectivity index (χ1v) is 8.92. The van der Waals surface area contributed by atoms with Crippen molar-refractivity contribution in [1.29, 1.82) is 0 Å². The Hall–Kier alpha value is -2.04. The van der Waals surface area contributed by atoms with Crippen molar-refractivity contribution in [1.82, 2.24) is 10.2 Å². The Labute approximate surface area is 153 Å². The number of halogens is 1. The van der Waals surface area contributed by atoms with E-state index in [9.17, 15) is 4.79 Å². The van der Waals surface area contributed by atoms with Crippen molar-refractivity contribution in [3.05, 3.63) is 64.7 Å². The SMILES string of the molecule is Cc1cc(Cl)ccc1OCC(=O)NC1CCN(Cc2ccccc2)C1. The van der Waals surface area contributed by atoms with Crippen LogP contribution in [0.1, 0.15) is 17.5 Å². The first-order chi connectivity index (χ1) is 12.1. The molecule has 1 fully saturated rings. The van der Waals surface area contributed by atoms with E-state index in [-0.39, 0.29) is 18.6 Å². The Morgan fingerprint density at radius 3 is 2.84 bits per heavy atom. The third kappa shape index (κ3) is 5.21. The number of hydrogen-bond acceptors (Lipinski definition) is 3. The topological polar surface area (TPSA) is 41.6 Å². The molecule has 1 N–H and O–H groups in total. The first-order valence-electron chi connectivity index (χ1n) is 8.55. The van der Waals surface area contributed by atoms with Gasteiger partial charge in [0.1, 0.15) is 5.75 Å². The third-order valence-corrected chi connectivity index (χ3v) is 4.62. The number of amides is 1. The minimum Gasteiger partial charge on any atom is -0.484 e. The monoisotopic (exact) mass is 358 g/mol. The molecule has 25 heavy (non-hydrogen) atoms. The van der Waals surface area contributed by atoms with Crippen LogP contribution in [0, 0.1) is 6.92 Å². The highest BCUT2D eigenvalue weighted by molar-refractivity contribution is 6.30. The minimum absolute atomic E-state index is 0.0255. The summed E-state index contributed by atoms with van der Waals surface area (Å²) in [7, 11) is 0. The zero-order valence-corrected chi connectivity index (χ0v) is 15.1. The Balaban J connectivity index is 1.43. The lowest BCUT2D eigenvalue weighted by atomic mass is 10.2. The van der Waals surface area contributed by atoms with Gasteiger partial charge in [0.25, 0.3) is 5.91 Å². The third-order valence-electron chi connectivity index (χ3n) is 4.38. The number of rotatable bonds is 6. The van der Waals surface area contributed by atoms with Gasteiger partial charge >= 0.3 is 0 Å². The van der Waals surface area contributed by atoms with Gasteiger partial charge in [-0.05, 0) is 42.7 Å². The zero-order valence-electron chi connectivity index (χ0n) is 14.4. The fourth-order valence-electron chi connectivity index (χ4n) is 3.12. The predicted molar refractivity (Wildman–Crippen MR) is 100.0 cm³/mol. The molecule has 0 radical (unpaired) electrons. The van der Waals surface area contributed by atoms with Crippen LogP contribution in [-0.4, -0.2) is 36.5 Å². The molecule has 2 aromatic rings. The number of nitrogens with one attached hydrogen (secondary N) is 1. The number of nitrogens with zero attached hydrogens (tertiary/aromatic N) is 1. The van der Waals surface area contributed by atoms with E-state index < -0.39 is 0 Å². The van der Waals surface area contributed by atoms with E-state index in [4.69, 9.17) is 16.3 Å². The summed E-state index contributed by atoms with van der Waals surface area (Å²) >= 11 is 5.93. The van der Waals surface area contributed by atoms with Gasteiger partial charge in [-0.3, -0.25) is 9.69 Å². The lowest BCUT2D eigenvalue weighted by Gasteiger charge is -2.17. The highest BCUT2D eigenvalue weighted by Crippen LogP contribution is 2.21. The maximum atomic E-state index is 12.1. The van der Waals surface area contributed by atoms with Gasteiger partial charge < -0.3 is 10.1 Å². The number of likely N-dealkylation sites (tertiary alicyclic amines) is 1. The molecule has 1 aliphatic rings. The number of carbonyl (C=O) groups is 1. The van der Waals surface area contributed by atoms with Gasteiger partial charge in [0.05, 0.1) is 0 Å². The summed E-state index contributed by atoms with van der Waals surface area (Å²) in [6.45, 7) is 4.74. The van der Waals surface area contributed by atoms with Gasteiger partial charge in [-0.25, -0.2) is 0 Å². The molecule has 5 heteroatoms. The van der Waals surface area contributed by atoms with Crippen molar-refractivity contribution in [3.8, 4) is 5.75 Å². The average molecular weight is 359 g/mol. The van der Waals surface area contributed by atoms with Crippen LogP contribution in [0.2, 0.25) is 5.02 Å². The van der Waals surface area contributed by atoms with Gasteiger partial charge in [0, 0.05) is 30.7 Å². The normalized spacial score (nSPS) is 17.4. The second kappa shape index (κ2) is 8.37. The quantitative estimate of drug-likeness (QED) is 0.860. The molecule has 1 atom stereocenters. The lowest BCUT2D eigenvalue weighted by Crippen LogP contribution is -2.39. The molecule has 0 aliphatic carbocycles. The van der Waals surface area contributed by atoms with E-state index in [0.717, 1.165) is 31.6 Å². The van der Waals surface area contributed by atoms with E-state index in [1.807, 2.05) is 19.1 Å². The number of carbonyl (C=O) groups excluding carboxylic acids is 1. The lowest BCUT2D eigenvalue weighted by molar-refractivity contribution is -0.123. The summed E-state index contributed by atoms with van der Waals surface area (Å²) in [4.78, 5) is 14.5. The highest BCUT2D eigenvalue weighted by Gasteiger charge is 2.23. The Bertz CT molecular complexity index is 721. The fourth-order valence-corrected chi connectivity index (χ4v) is 3.35. The van der Waals surface area contributed by atoms with Gasteiger partial charge in [-0.1, -0.05) is 41.9 Å². The van der Waals surface area contributed by atoms with Crippen molar-refractivity contribution in [3.63, 3.8) is 0 Å². The smallest absolute Gasteiger partial charge is 0.258 e. The van der Waals surface area contributed by atoms with Crippen molar-refractivity contribution >= 4 is 17.5 Å². The molecule has 4 nitrogen and oxygen atoms in total. The van der Waals surface area contributed by atoms with Crippen LogP contribution in [0.5, 0.6) is 5.75 Å². The average Bonchev–Trinajstić information content (AvgIpc) is 3.02. The van der Waals surface area contributed by atoms with Crippen LogP contribution in [0.3, 0.4) is 0 Å². The van der Waals surface area contributed by atoms with Crippen LogP contribution in [0.25, 0.3) is 0 Å². The molecule has 0 bridgehead atoms. The molecule has 3 rings (SSSR count). The molecular formula is C20H23ClN2O2. The van der Waals surface area contributed by atoms with Gasteiger partial charge in [-0.15, -0.1) is 0 Å². The maximum Gasteiger partial charge on any atom is 0.258 e. The van der Waals surface area contributed by atoms with E-state index in [2.05, 4.69) is 34.5 Å². The molecule has 0 aromatic heterocycles. The molecular weight excluding hydrogens is 336 g/mol. The zero-order chi connectivity index (χ0) is 17.6. The Morgan fingerprint density at radius 2 is 2.08 bits per heavy atom. The van der Waals surface area contributed by atoms with Crippen molar-refractivity contribution in [2.45, 2.75) is 25.9 Å². The van der Waals surface area contributed by atoms with Crippen molar-refractivity contribution < 1.29 is 9.53 Å². The Kier molecular flexibility index (Phi) is 5.95. The largest absolute Gasteiger partial charge is 0.484 e. The van der Waals surface area contributed by atoms with Crippen molar-refractivity contribution in [2.75, 3.05) is 19.7 Å². The van der Waals surface area contributed by atoms with Crippen LogP contribution >= 0.6 is 11.6 Å². The summed E-state index contributed by atoms with van der Waals surface area (Å²) in [5.41, 5.74) is 2.23. The summed E-state index contributed by atoms with van der Waals surface area (Å²) < 4.78 is 5.60. The standard InChI is InChI=1S/C20H23ClN2O2/c1-15-11-17(21)7-8-19(15)25-14-20(24)22-18-9-10-23(13-18)12-16-5-3-2-4-6-16/h2-8,11,18H,9-10,12-14H2,1H3,(H,22,24). The van der Waals surface area contributed by atoms with E-state index in [0.29, 0.717) is 10.8 Å². The number of benzene rings is 2. The van der Waals surface area contributed by atoms with Crippen LogP contribution in [-0.2, 0) is 11.3 Å². The summed E-state index contributed by atoms with van der Waals surface area (Å²) in [6, 6.07) is 16.0. The molecule has 1 unspecified atom stereocenters. The van der Waals surface area contributed by atoms with Crippen LogP contribution < -0.4 is 10.1 Å². The molecule has 1 amide bonds.